The molecule has 0 unspecified atom stereocenters. The second-order valence-electron chi connectivity index (χ2n) is 6.22. The van der Waals surface area contributed by atoms with Gasteiger partial charge in [-0.3, -0.25) is 4.40 Å². The Morgan fingerprint density at radius 3 is 2.48 bits per heavy atom. The van der Waals surface area contributed by atoms with Crippen LogP contribution in [0.5, 0.6) is 0 Å². The van der Waals surface area contributed by atoms with Gasteiger partial charge < -0.3 is 0 Å². The van der Waals surface area contributed by atoms with Crippen LogP contribution in [0, 0.1) is 10.5 Å². The minimum atomic E-state index is 0.928. The molecule has 0 atom stereocenters. The van der Waals surface area contributed by atoms with E-state index in [2.05, 4.69) is 88.5 Å². The molecule has 2 aromatic heterocycles. The van der Waals surface area contributed by atoms with Crippen molar-refractivity contribution in [2.45, 2.75) is 6.92 Å². The zero-order chi connectivity index (χ0) is 17.0. The van der Waals surface area contributed by atoms with Crippen LogP contribution in [-0.4, -0.2) is 14.4 Å². The first-order valence-electron chi connectivity index (χ1n) is 8.14. The number of hydrogen-bond acceptors (Lipinski definition) is 2. The number of halogens is 1. The highest BCUT2D eigenvalue weighted by atomic mass is 127. The largest absolute Gasteiger partial charge is 0.276 e. The van der Waals surface area contributed by atoms with E-state index < -0.39 is 0 Å². The van der Waals surface area contributed by atoms with Crippen LogP contribution in [0.1, 0.15) is 5.56 Å². The molecule has 3 aromatic carbocycles. The molecule has 0 spiro atoms. The number of hydrogen-bond donors (Lipinski definition) is 0. The quantitative estimate of drug-likeness (QED) is 0.320. The molecule has 5 rings (SSSR count). The number of imidazole rings is 1. The van der Waals surface area contributed by atoms with Gasteiger partial charge in [-0.2, -0.15) is 0 Å². The number of nitrogens with zero attached hydrogens (tertiary/aromatic N) is 3. The molecule has 0 fully saturated rings. The second-order valence-corrected chi connectivity index (χ2v) is 7.47. The average Bonchev–Trinajstić information content (AvgIpc) is 3.02. The van der Waals surface area contributed by atoms with Crippen molar-refractivity contribution in [1.29, 1.82) is 0 Å². The summed E-state index contributed by atoms with van der Waals surface area (Å²) >= 11 is 2.34. The normalized spacial score (nSPS) is 11.6. The molecular weight excluding hydrogens is 421 g/mol. The molecule has 120 valence electrons. The Labute approximate surface area is 158 Å². The van der Waals surface area contributed by atoms with Gasteiger partial charge in [-0.05, 0) is 59.8 Å². The van der Waals surface area contributed by atoms with Crippen LogP contribution in [0.4, 0.5) is 0 Å². The molecule has 0 saturated carbocycles. The summed E-state index contributed by atoms with van der Waals surface area (Å²) in [4.78, 5) is 9.89. The maximum Gasteiger partial charge on any atom is 0.149 e. The Hall–Kier alpha value is -2.47. The van der Waals surface area contributed by atoms with E-state index in [9.17, 15) is 0 Å². The van der Waals surface area contributed by atoms with Crippen molar-refractivity contribution in [1.82, 2.24) is 14.4 Å². The third kappa shape index (κ3) is 2.32. The number of aromatic nitrogens is 3. The van der Waals surface area contributed by atoms with Crippen molar-refractivity contribution < 1.29 is 0 Å². The van der Waals surface area contributed by atoms with E-state index in [0.29, 0.717) is 0 Å². The highest BCUT2D eigenvalue weighted by molar-refractivity contribution is 14.1. The molecule has 4 heteroatoms. The van der Waals surface area contributed by atoms with E-state index in [1.807, 2.05) is 12.1 Å². The number of benzene rings is 3. The predicted octanol–water partition coefficient (Wildman–Crippen LogP) is 5.62. The summed E-state index contributed by atoms with van der Waals surface area (Å²) in [6.45, 7) is 2.10. The van der Waals surface area contributed by atoms with Crippen molar-refractivity contribution >= 4 is 50.2 Å². The van der Waals surface area contributed by atoms with Gasteiger partial charge in [0, 0.05) is 14.5 Å². The molecule has 0 radical (unpaired) electrons. The summed E-state index contributed by atoms with van der Waals surface area (Å²) in [6, 6.07) is 23.1. The fourth-order valence-corrected chi connectivity index (χ4v) is 3.76. The first-order chi connectivity index (χ1) is 12.2. The van der Waals surface area contributed by atoms with E-state index in [1.165, 1.54) is 9.13 Å². The van der Waals surface area contributed by atoms with Crippen molar-refractivity contribution in [3.8, 4) is 11.4 Å². The lowest BCUT2D eigenvalue weighted by atomic mass is 10.1. The zero-order valence-electron chi connectivity index (χ0n) is 13.6. The highest BCUT2D eigenvalue weighted by Crippen LogP contribution is 2.30. The minimum absolute atomic E-state index is 0.928. The van der Waals surface area contributed by atoms with E-state index >= 15 is 0 Å². The maximum atomic E-state index is 4.99. The molecule has 0 aliphatic rings. The van der Waals surface area contributed by atoms with Crippen molar-refractivity contribution in [2.24, 2.45) is 0 Å². The van der Waals surface area contributed by atoms with Gasteiger partial charge in [0.15, 0.2) is 0 Å². The van der Waals surface area contributed by atoms with Crippen LogP contribution >= 0.6 is 22.6 Å². The zero-order valence-corrected chi connectivity index (χ0v) is 15.7. The van der Waals surface area contributed by atoms with Crippen LogP contribution in [0.15, 0.2) is 66.7 Å². The van der Waals surface area contributed by atoms with Gasteiger partial charge in [-0.25, -0.2) is 9.97 Å². The Morgan fingerprint density at radius 2 is 1.64 bits per heavy atom. The van der Waals surface area contributed by atoms with Gasteiger partial charge in [0.05, 0.1) is 16.6 Å². The fourth-order valence-electron chi connectivity index (χ4n) is 3.27. The van der Waals surface area contributed by atoms with Gasteiger partial charge in [0.1, 0.15) is 11.5 Å². The second kappa shape index (κ2) is 5.52. The van der Waals surface area contributed by atoms with Gasteiger partial charge in [0.25, 0.3) is 0 Å². The summed E-state index contributed by atoms with van der Waals surface area (Å²) in [5.74, 6) is 0.928. The fraction of sp³-hybridized carbons (Fsp3) is 0.0476. The monoisotopic (exact) mass is 435 g/mol. The average molecular weight is 435 g/mol. The summed E-state index contributed by atoms with van der Waals surface area (Å²) in [5, 5.41) is 1.08. The molecule has 0 saturated heterocycles. The third-order valence-electron chi connectivity index (χ3n) is 4.51. The smallest absolute Gasteiger partial charge is 0.149 e. The Bertz CT molecular complexity index is 1250. The summed E-state index contributed by atoms with van der Waals surface area (Å²) in [5.41, 5.74) is 6.34. The van der Waals surface area contributed by atoms with E-state index in [1.54, 1.807) is 0 Å². The lowest BCUT2D eigenvalue weighted by Crippen LogP contribution is -1.98. The number of aryl methyl sites for hydroxylation is 1. The van der Waals surface area contributed by atoms with E-state index in [4.69, 9.17) is 9.97 Å². The maximum absolute atomic E-state index is 4.99. The van der Waals surface area contributed by atoms with E-state index in [-0.39, 0.29) is 0 Å². The molecular formula is C21H14IN3. The van der Waals surface area contributed by atoms with Crippen LogP contribution in [0.25, 0.3) is 39.0 Å². The summed E-state index contributed by atoms with van der Waals surface area (Å²) < 4.78 is 3.36. The molecule has 0 aliphatic heterocycles. The summed E-state index contributed by atoms with van der Waals surface area (Å²) in [6.07, 6.45) is 0. The van der Waals surface area contributed by atoms with Crippen molar-refractivity contribution in [3.05, 3.63) is 75.9 Å². The lowest BCUT2D eigenvalue weighted by Gasteiger charge is -2.09. The van der Waals surface area contributed by atoms with Crippen molar-refractivity contribution in [2.75, 3.05) is 0 Å². The molecule has 0 aliphatic carbocycles. The van der Waals surface area contributed by atoms with Gasteiger partial charge >= 0.3 is 0 Å². The third-order valence-corrected chi connectivity index (χ3v) is 5.18. The molecule has 2 heterocycles. The lowest BCUT2D eigenvalue weighted by molar-refractivity contribution is 1.16. The van der Waals surface area contributed by atoms with Crippen LogP contribution in [-0.2, 0) is 0 Å². The van der Waals surface area contributed by atoms with Crippen LogP contribution in [0.3, 0.4) is 0 Å². The van der Waals surface area contributed by atoms with E-state index in [0.717, 1.165) is 39.0 Å². The number of rotatable bonds is 1. The number of para-hydroxylation sites is 2. The first-order valence-corrected chi connectivity index (χ1v) is 9.22. The predicted molar refractivity (Wildman–Crippen MR) is 111 cm³/mol. The Morgan fingerprint density at radius 1 is 0.840 bits per heavy atom. The summed E-state index contributed by atoms with van der Waals surface area (Å²) in [7, 11) is 0. The molecule has 0 bridgehead atoms. The SMILES string of the molecule is Cc1ccc(-c2nc3ccc(I)cc3c3nc4ccccc4n23)cc1. The molecule has 0 N–H and O–H groups in total. The standard InChI is InChI=1S/C21H14IN3/c1-13-6-8-14(9-7-13)20-23-17-11-10-15(22)12-16(17)21-24-18-4-2-3-5-19(18)25(20)21/h2-12H,1H3. The molecule has 3 nitrogen and oxygen atoms in total. The Balaban J connectivity index is 2.01. The topological polar surface area (TPSA) is 30.2 Å². The molecule has 5 aromatic rings. The van der Waals surface area contributed by atoms with Gasteiger partial charge in [-0.15, -0.1) is 0 Å². The van der Waals surface area contributed by atoms with Crippen molar-refractivity contribution in [3.63, 3.8) is 0 Å². The van der Waals surface area contributed by atoms with Gasteiger partial charge in [0.2, 0.25) is 0 Å². The first kappa shape index (κ1) is 14.8. The van der Waals surface area contributed by atoms with Crippen LogP contribution in [0.2, 0.25) is 0 Å². The minimum Gasteiger partial charge on any atom is -0.276 e. The van der Waals surface area contributed by atoms with Crippen LogP contribution < -0.4 is 0 Å². The Kier molecular flexibility index (Phi) is 3.28. The van der Waals surface area contributed by atoms with Gasteiger partial charge in [-0.1, -0.05) is 42.0 Å². The number of fused-ring (bicyclic) bond motifs is 5. The molecule has 0 amide bonds. The molecule has 25 heavy (non-hydrogen) atoms. The highest BCUT2D eigenvalue weighted by Gasteiger charge is 2.15.